The summed E-state index contributed by atoms with van der Waals surface area (Å²) in [4.78, 5) is 21.0. The second-order valence-corrected chi connectivity index (χ2v) is 7.42. The Kier molecular flexibility index (Phi) is 5.14. The number of morpholine rings is 1. The third kappa shape index (κ3) is 4.21. The van der Waals surface area contributed by atoms with Gasteiger partial charge in [-0.3, -0.25) is 9.88 Å². The van der Waals surface area contributed by atoms with Gasteiger partial charge in [-0.25, -0.2) is 15.0 Å². The summed E-state index contributed by atoms with van der Waals surface area (Å²) >= 11 is 1.75. The molecule has 0 bridgehead atoms. The van der Waals surface area contributed by atoms with Crippen molar-refractivity contribution < 1.29 is 4.74 Å². The van der Waals surface area contributed by atoms with Crippen molar-refractivity contribution in [2.45, 2.75) is 19.6 Å². The lowest BCUT2D eigenvalue weighted by atomic mass is 10.2. The van der Waals surface area contributed by atoms with Crippen LogP contribution < -0.4 is 5.32 Å². The van der Waals surface area contributed by atoms with Gasteiger partial charge in [-0.2, -0.15) is 0 Å². The number of aryl methyl sites for hydroxylation is 1. The summed E-state index contributed by atoms with van der Waals surface area (Å²) in [5.41, 5.74) is 0.920. The molecule has 1 N–H and O–H groups in total. The van der Waals surface area contributed by atoms with Crippen LogP contribution in [0.25, 0.3) is 0 Å². The maximum Gasteiger partial charge on any atom is 0.150 e. The fourth-order valence-corrected chi connectivity index (χ4v) is 3.76. The lowest BCUT2D eigenvalue weighted by Gasteiger charge is -2.32. The Bertz CT molecular complexity index is 856. The number of anilines is 2. The highest BCUT2D eigenvalue weighted by Crippen LogP contribution is 2.24. The van der Waals surface area contributed by atoms with Crippen molar-refractivity contribution in [1.29, 1.82) is 0 Å². The molecule has 1 aliphatic heterocycles. The molecule has 1 aliphatic rings. The van der Waals surface area contributed by atoms with Crippen LogP contribution in [0.15, 0.2) is 43.0 Å². The quantitative estimate of drug-likeness (QED) is 0.742. The number of pyridine rings is 1. The zero-order valence-corrected chi connectivity index (χ0v) is 15.3. The molecule has 3 aromatic heterocycles. The predicted molar refractivity (Wildman–Crippen MR) is 100 cm³/mol. The molecule has 3 aromatic rings. The second kappa shape index (κ2) is 7.86. The number of ether oxygens (including phenoxy) is 1. The molecule has 0 aliphatic carbocycles. The normalized spacial score (nSPS) is 18.0. The number of hydrogen-bond donors (Lipinski definition) is 1. The zero-order chi connectivity index (χ0) is 17.8. The molecule has 0 spiro atoms. The molecule has 0 unspecified atom stereocenters. The summed E-state index contributed by atoms with van der Waals surface area (Å²) in [6.07, 6.45) is 6.89. The Morgan fingerprint density at radius 2 is 2.19 bits per heavy atom. The number of aromatic nitrogens is 4. The highest BCUT2D eigenvalue weighted by molar-refractivity contribution is 7.11. The maximum absolute atomic E-state index is 5.97. The minimum absolute atomic E-state index is 0.0404. The fraction of sp³-hybridized carbons (Fsp3) is 0.333. The first-order chi connectivity index (χ1) is 12.8. The fourth-order valence-electron chi connectivity index (χ4n) is 2.92. The number of nitrogens with one attached hydrogen (secondary N) is 1. The highest BCUT2D eigenvalue weighted by atomic mass is 32.1. The van der Waals surface area contributed by atoms with Gasteiger partial charge in [0.2, 0.25) is 0 Å². The van der Waals surface area contributed by atoms with E-state index in [0.29, 0.717) is 12.4 Å². The molecule has 1 saturated heterocycles. The second-order valence-electron chi connectivity index (χ2n) is 6.10. The smallest absolute Gasteiger partial charge is 0.150 e. The van der Waals surface area contributed by atoms with Crippen LogP contribution >= 0.6 is 11.3 Å². The van der Waals surface area contributed by atoms with Crippen molar-refractivity contribution in [3.8, 4) is 0 Å². The number of hydrogen-bond acceptors (Lipinski definition) is 8. The van der Waals surface area contributed by atoms with Crippen LogP contribution in [0.5, 0.6) is 0 Å². The summed E-state index contributed by atoms with van der Waals surface area (Å²) in [5.74, 6) is 1.41. The largest absolute Gasteiger partial charge is 0.369 e. The van der Waals surface area contributed by atoms with Gasteiger partial charge in [0.15, 0.2) is 0 Å². The van der Waals surface area contributed by atoms with Gasteiger partial charge in [0.25, 0.3) is 0 Å². The Morgan fingerprint density at radius 1 is 1.23 bits per heavy atom. The van der Waals surface area contributed by atoms with E-state index < -0.39 is 0 Å². The molecule has 4 rings (SSSR count). The third-order valence-electron chi connectivity index (χ3n) is 4.12. The van der Waals surface area contributed by atoms with Crippen molar-refractivity contribution in [1.82, 2.24) is 24.8 Å². The average molecular weight is 368 g/mol. The van der Waals surface area contributed by atoms with Crippen LogP contribution in [-0.2, 0) is 11.3 Å². The first-order valence-corrected chi connectivity index (χ1v) is 9.33. The molecule has 0 aromatic carbocycles. The van der Waals surface area contributed by atoms with Gasteiger partial charge in [-0.1, -0.05) is 6.07 Å². The summed E-state index contributed by atoms with van der Waals surface area (Å²) in [6.45, 7) is 5.38. The molecule has 0 radical (unpaired) electrons. The summed E-state index contributed by atoms with van der Waals surface area (Å²) in [6, 6.07) is 5.90. The Labute approximate surface area is 156 Å². The van der Waals surface area contributed by atoms with E-state index in [2.05, 4.69) is 25.2 Å². The molecule has 134 valence electrons. The Morgan fingerprint density at radius 3 is 3.00 bits per heavy atom. The zero-order valence-electron chi connectivity index (χ0n) is 14.5. The van der Waals surface area contributed by atoms with Crippen LogP contribution in [0.2, 0.25) is 0 Å². The minimum Gasteiger partial charge on any atom is -0.369 e. The van der Waals surface area contributed by atoms with Gasteiger partial charge < -0.3 is 10.1 Å². The van der Waals surface area contributed by atoms with E-state index in [1.807, 2.05) is 31.3 Å². The molecular weight excluding hydrogens is 348 g/mol. The van der Waals surface area contributed by atoms with Crippen molar-refractivity contribution in [2.75, 3.05) is 25.0 Å². The van der Waals surface area contributed by atoms with Crippen molar-refractivity contribution in [3.63, 3.8) is 0 Å². The monoisotopic (exact) mass is 368 g/mol. The van der Waals surface area contributed by atoms with Crippen LogP contribution in [-0.4, -0.2) is 44.5 Å². The van der Waals surface area contributed by atoms with E-state index in [1.165, 1.54) is 4.88 Å². The van der Waals surface area contributed by atoms with Gasteiger partial charge in [-0.05, 0) is 19.1 Å². The standard InChI is InChI=1S/C18H20N6OS/c1-13-21-9-14(26-13)11-24-7-8-25-16(12-24)15-3-2-4-17(22-15)23-18-10-19-5-6-20-18/h2-6,9-10,16H,7-8,11-12H2,1H3,(H,20,22,23)/t16-/m1/s1. The first-order valence-electron chi connectivity index (χ1n) is 8.51. The van der Waals surface area contributed by atoms with E-state index in [1.54, 1.807) is 29.9 Å². The summed E-state index contributed by atoms with van der Waals surface area (Å²) in [7, 11) is 0. The predicted octanol–water partition coefficient (Wildman–Crippen LogP) is 2.95. The molecule has 4 heterocycles. The molecule has 1 fully saturated rings. The maximum atomic E-state index is 5.97. The van der Waals surface area contributed by atoms with Crippen LogP contribution in [0.1, 0.15) is 21.7 Å². The van der Waals surface area contributed by atoms with Crippen molar-refractivity contribution in [2.24, 2.45) is 0 Å². The number of thiazole rings is 1. The van der Waals surface area contributed by atoms with Gasteiger partial charge in [-0.15, -0.1) is 11.3 Å². The van der Waals surface area contributed by atoms with E-state index in [4.69, 9.17) is 9.72 Å². The van der Waals surface area contributed by atoms with Crippen LogP contribution in [0.4, 0.5) is 11.6 Å². The first kappa shape index (κ1) is 17.0. The molecule has 0 saturated carbocycles. The van der Waals surface area contributed by atoms with Gasteiger partial charge in [0.1, 0.15) is 17.7 Å². The molecule has 1 atom stereocenters. The lowest BCUT2D eigenvalue weighted by molar-refractivity contribution is -0.0346. The Balaban J connectivity index is 1.44. The molecule has 0 amide bonds. The van der Waals surface area contributed by atoms with Crippen LogP contribution in [0, 0.1) is 6.92 Å². The average Bonchev–Trinajstić information content (AvgIpc) is 3.08. The van der Waals surface area contributed by atoms with Gasteiger partial charge >= 0.3 is 0 Å². The number of rotatable bonds is 5. The van der Waals surface area contributed by atoms with Gasteiger partial charge in [0, 0.05) is 43.1 Å². The third-order valence-corrected chi connectivity index (χ3v) is 5.02. The van der Waals surface area contributed by atoms with Crippen molar-refractivity contribution >= 4 is 23.0 Å². The highest BCUT2D eigenvalue weighted by Gasteiger charge is 2.23. The van der Waals surface area contributed by atoms with E-state index in [9.17, 15) is 0 Å². The van der Waals surface area contributed by atoms with Crippen LogP contribution in [0.3, 0.4) is 0 Å². The SMILES string of the molecule is Cc1ncc(CN2CCO[C@@H](c3cccc(Nc4cnccn4)n3)C2)s1. The molecular formula is C18H20N6OS. The lowest BCUT2D eigenvalue weighted by Crippen LogP contribution is -2.37. The topological polar surface area (TPSA) is 76.1 Å². The Hall–Kier alpha value is -2.42. The molecule has 7 nitrogen and oxygen atoms in total. The minimum atomic E-state index is -0.0404. The van der Waals surface area contributed by atoms with E-state index in [0.717, 1.165) is 36.2 Å². The van der Waals surface area contributed by atoms with Crippen molar-refractivity contribution in [3.05, 3.63) is 58.6 Å². The van der Waals surface area contributed by atoms with Gasteiger partial charge in [0.05, 0.1) is 23.5 Å². The summed E-state index contributed by atoms with van der Waals surface area (Å²) < 4.78 is 5.97. The van der Waals surface area contributed by atoms with E-state index >= 15 is 0 Å². The molecule has 8 heteroatoms. The number of nitrogens with zero attached hydrogens (tertiary/aromatic N) is 5. The van der Waals surface area contributed by atoms with E-state index in [-0.39, 0.29) is 6.10 Å². The summed E-state index contributed by atoms with van der Waals surface area (Å²) in [5, 5.41) is 4.28. The molecule has 26 heavy (non-hydrogen) atoms.